The molecule has 7 heteroatoms. The van der Waals surface area contributed by atoms with Crippen LogP contribution in [0.15, 0.2) is 4.52 Å². The molecule has 0 fully saturated rings. The van der Waals surface area contributed by atoms with Gasteiger partial charge in [-0.3, -0.25) is 0 Å². The molecule has 0 unspecified atom stereocenters. The second-order valence-electron chi connectivity index (χ2n) is 3.01. The van der Waals surface area contributed by atoms with Crippen LogP contribution in [0.3, 0.4) is 0 Å². The van der Waals surface area contributed by atoms with Crippen LogP contribution in [0.2, 0.25) is 0 Å². The molecule has 2 rings (SSSR count). The van der Waals surface area contributed by atoms with Crippen molar-refractivity contribution in [3.05, 3.63) is 9.53 Å². The molecule has 0 saturated heterocycles. The first-order valence-corrected chi connectivity index (χ1v) is 5.85. The van der Waals surface area contributed by atoms with Gasteiger partial charge in [0, 0.05) is 22.6 Å². The number of hydrogen-bond acceptors (Lipinski definition) is 6. The Labute approximate surface area is 98.2 Å². The van der Waals surface area contributed by atoms with E-state index in [1.807, 2.05) is 22.6 Å². The van der Waals surface area contributed by atoms with E-state index in [9.17, 15) is 0 Å². The maximum Gasteiger partial charge on any atom is 0.272 e. The molecule has 14 heavy (non-hydrogen) atoms. The summed E-state index contributed by atoms with van der Waals surface area (Å²) in [4.78, 5) is 5.01. The Morgan fingerprint density at radius 3 is 2.79 bits per heavy atom. The molecule has 0 spiro atoms. The number of hydrogen-bond donors (Lipinski definition) is 0. The summed E-state index contributed by atoms with van der Waals surface area (Å²) in [6.07, 6.45) is 0. The van der Waals surface area contributed by atoms with Crippen molar-refractivity contribution in [3.63, 3.8) is 0 Å². The molecule has 0 aliphatic carbocycles. The Hall–Kier alpha value is -0.570. The first-order valence-electron chi connectivity index (χ1n) is 4.00. The Morgan fingerprint density at radius 1 is 1.43 bits per heavy atom. The lowest BCUT2D eigenvalue weighted by molar-refractivity contribution is 0.426. The molecule has 0 saturated carbocycles. The highest BCUT2D eigenvalue weighted by Crippen LogP contribution is 2.29. The summed E-state index contributed by atoms with van der Waals surface area (Å²) in [5.41, 5.74) is 0.912. The van der Waals surface area contributed by atoms with Crippen molar-refractivity contribution in [2.24, 2.45) is 0 Å². The van der Waals surface area contributed by atoms with Crippen molar-refractivity contribution in [1.82, 2.24) is 19.7 Å². The van der Waals surface area contributed by atoms with Crippen LogP contribution in [0.5, 0.6) is 0 Å². The molecule has 2 heterocycles. The van der Waals surface area contributed by atoms with Crippen LogP contribution in [0.25, 0.3) is 10.8 Å². The van der Waals surface area contributed by atoms with Crippen LogP contribution in [-0.2, 0) is 0 Å². The summed E-state index contributed by atoms with van der Waals surface area (Å²) in [6.45, 7) is 4.11. The van der Waals surface area contributed by atoms with E-state index in [2.05, 4.69) is 33.6 Å². The lowest BCUT2D eigenvalue weighted by Gasteiger charge is -1.98. The smallest absolute Gasteiger partial charge is 0.272 e. The van der Waals surface area contributed by atoms with Gasteiger partial charge in [-0.1, -0.05) is 23.5 Å². The highest BCUT2D eigenvalue weighted by molar-refractivity contribution is 14.1. The highest BCUT2D eigenvalue weighted by atomic mass is 127. The van der Waals surface area contributed by atoms with Gasteiger partial charge >= 0.3 is 0 Å². The summed E-state index contributed by atoms with van der Waals surface area (Å²) < 4.78 is 9.55. The molecule has 0 aliphatic heterocycles. The Morgan fingerprint density at radius 2 is 2.21 bits per heavy atom. The molecule has 2 aromatic heterocycles. The minimum Gasteiger partial charge on any atom is -0.332 e. The van der Waals surface area contributed by atoms with E-state index in [1.54, 1.807) is 0 Å². The first kappa shape index (κ1) is 9.97. The molecule has 2 aromatic rings. The zero-order valence-corrected chi connectivity index (χ0v) is 10.5. The van der Waals surface area contributed by atoms with Gasteiger partial charge in [0.1, 0.15) is 4.88 Å². The molecule has 0 aromatic carbocycles. The fourth-order valence-corrected chi connectivity index (χ4v) is 2.08. The second kappa shape index (κ2) is 3.89. The SMILES string of the molecule is CC(C)c1nnsc1-c1nc(I)no1. The minimum atomic E-state index is 0.313. The van der Waals surface area contributed by atoms with Crippen LogP contribution in [0.4, 0.5) is 0 Å². The van der Waals surface area contributed by atoms with Gasteiger partial charge in [0.25, 0.3) is 5.89 Å². The van der Waals surface area contributed by atoms with Crippen LogP contribution < -0.4 is 0 Å². The molecular formula is C7H7IN4OS. The molecule has 0 atom stereocenters. The number of nitrogens with zero attached hydrogens (tertiary/aromatic N) is 4. The molecular weight excluding hydrogens is 315 g/mol. The lowest BCUT2D eigenvalue weighted by atomic mass is 10.1. The van der Waals surface area contributed by atoms with Gasteiger partial charge in [-0.2, -0.15) is 4.98 Å². The third kappa shape index (κ3) is 1.78. The summed E-state index contributed by atoms with van der Waals surface area (Å²) in [6, 6.07) is 0. The molecule has 0 radical (unpaired) electrons. The van der Waals surface area contributed by atoms with Crippen LogP contribution in [0.1, 0.15) is 25.5 Å². The molecule has 0 amide bonds. The third-order valence-electron chi connectivity index (χ3n) is 1.66. The van der Waals surface area contributed by atoms with Crippen LogP contribution >= 0.6 is 34.1 Å². The average Bonchev–Trinajstić information content (AvgIpc) is 2.70. The minimum absolute atomic E-state index is 0.313. The van der Waals surface area contributed by atoms with E-state index in [0.29, 0.717) is 15.6 Å². The second-order valence-corrected chi connectivity index (χ2v) is 4.73. The lowest BCUT2D eigenvalue weighted by Crippen LogP contribution is -1.90. The van der Waals surface area contributed by atoms with Gasteiger partial charge in [-0.05, 0) is 17.5 Å². The van der Waals surface area contributed by atoms with Crippen molar-refractivity contribution in [2.75, 3.05) is 0 Å². The van der Waals surface area contributed by atoms with Gasteiger partial charge in [0.15, 0.2) is 0 Å². The molecule has 0 bridgehead atoms. The standard InChI is InChI=1S/C7H7IN4OS/c1-3(2)4-5(14-12-10-4)6-9-7(8)11-13-6/h3H,1-2H3. The fraction of sp³-hybridized carbons (Fsp3) is 0.429. The highest BCUT2D eigenvalue weighted by Gasteiger charge is 2.18. The Balaban J connectivity index is 2.46. The normalized spacial score (nSPS) is 11.1. The predicted molar refractivity (Wildman–Crippen MR) is 60.0 cm³/mol. The van der Waals surface area contributed by atoms with Gasteiger partial charge in [-0.25, -0.2) is 0 Å². The van der Waals surface area contributed by atoms with Gasteiger partial charge in [0.05, 0.1) is 5.69 Å². The molecule has 5 nitrogen and oxygen atoms in total. The van der Waals surface area contributed by atoms with Gasteiger partial charge in [0.2, 0.25) is 3.83 Å². The summed E-state index contributed by atoms with van der Waals surface area (Å²) in [5.74, 6) is 0.821. The molecule has 0 aliphatic rings. The maximum atomic E-state index is 5.06. The van der Waals surface area contributed by atoms with Crippen molar-refractivity contribution in [3.8, 4) is 10.8 Å². The number of aromatic nitrogens is 4. The monoisotopic (exact) mass is 322 g/mol. The van der Waals surface area contributed by atoms with E-state index >= 15 is 0 Å². The number of rotatable bonds is 2. The maximum absolute atomic E-state index is 5.06. The largest absolute Gasteiger partial charge is 0.332 e. The Bertz CT molecular complexity index is 438. The van der Waals surface area contributed by atoms with E-state index in [0.717, 1.165) is 10.6 Å². The fourth-order valence-electron chi connectivity index (χ4n) is 1.02. The van der Waals surface area contributed by atoms with Gasteiger partial charge < -0.3 is 4.52 Å². The average molecular weight is 322 g/mol. The van der Waals surface area contributed by atoms with Gasteiger partial charge in [-0.15, -0.1) is 5.10 Å². The van der Waals surface area contributed by atoms with E-state index in [-0.39, 0.29) is 0 Å². The van der Waals surface area contributed by atoms with Crippen LogP contribution in [0, 0.1) is 3.83 Å². The Kier molecular flexibility index (Phi) is 2.77. The molecule has 0 N–H and O–H groups in total. The number of halogens is 1. The first-order chi connectivity index (χ1) is 6.68. The van der Waals surface area contributed by atoms with Crippen molar-refractivity contribution in [1.29, 1.82) is 0 Å². The molecule has 74 valence electrons. The van der Waals surface area contributed by atoms with E-state index in [1.165, 1.54) is 11.5 Å². The van der Waals surface area contributed by atoms with Crippen LogP contribution in [-0.4, -0.2) is 19.7 Å². The third-order valence-corrected chi connectivity index (χ3v) is 2.82. The summed E-state index contributed by atoms with van der Waals surface area (Å²) in [7, 11) is 0. The van der Waals surface area contributed by atoms with Crippen molar-refractivity contribution in [2.45, 2.75) is 19.8 Å². The predicted octanol–water partition coefficient (Wildman–Crippen LogP) is 2.32. The van der Waals surface area contributed by atoms with Crippen molar-refractivity contribution >= 4 is 34.1 Å². The zero-order chi connectivity index (χ0) is 10.1. The summed E-state index contributed by atoms with van der Waals surface area (Å²) in [5, 5.41) is 7.76. The quantitative estimate of drug-likeness (QED) is 0.794. The van der Waals surface area contributed by atoms with Crippen molar-refractivity contribution < 1.29 is 4.52 Å². The van der Waals surface area contributed by atoms with E-state index in [4.69, 9.17) is 4.52 Å². The topological polar surface area (TPSA) is 64.7 Å². The zero-order valence-electron chi connectivity index (χ0n) is 7.56. The summed E-state index contributed by atoms with van der Waals surface area (Å²) >= 11 is 3.29. The van der Waals surface area contributed by atoms with E-state index < -0.39 is 0 Å².